The van der Waals surface area contributed by atoms with Crippen LogP contribution in [0.3, 0.4) is 0 Å². The molecular formula is C21H22BrNO6. The maximum atomic E-state index is 12.7. The third-order valence-electron chi connectivity index (χ3n) is 4.52. The summed E-state index contributed by atoms with van der Waals surface area (Å²) in [6, 6.07) is 10.9. The summed E-state index contributed by atoms with van der Waals surface area (Å²) in [5.41, 5.74) is 2.00. The first-order valence-corrected chi connectivity index (χ1v) is 9.90. The van der Waals surface area contributed by atoms with Gasteiger partial charge < -0.3 is 24.3 Å². The highest BCUT2D eigenvalue weighted by Gasteiger charge is 2.35. The Kier molecular flexibility index (Phi) is 6.76. The Morgan fingerprint density at radius 3 is 2.66 bits per heavy atom. The minimum absolute atomic E-state index is 0.197. The van der Waals surface area contributed by atoms with Gasteiger partial charge in [0.15, 0.2) is 11.5 Å². The Labute approximate surface area is 177 Å². The topological polar surface area (TPSA) is 83.1 Å². The number of rotatable bonds is 6. The van der Waals surface area contributed by atoms with Crippen LogP contribution in [0.15, 0.2) is 40.9 Å². The summed E-state index contributed by atoms with van der Waals surface area (Å²) in [6.45, 7) is 1.94. The van der Waals surface area contributed by atoms with Crippen molar-refractivity contribution in [1.82, 2.24) is 0 Å². The average molecular weight is 464 g/mol. The molecule has 0 bridgehead atoms. The van der Waals surface area contributed by atoms with E-state index in [0.29, 0.717) is 22.7 Å². The molecule has 7 nitrogen and oxygen atoms in total. The van der Waals surface area contributed by atoms with Gasteiger partial charge >= 0.3 is 5.97 Å². The summed E-state index contributed by atoms with van der Waals surface area (Å²) in [5.74, 6) is 0.118. The Morgan fingerprint density at radius 2 is 1.97 bits per heavy atom. The lowest BCUT2D eigenvalue weighted by molar-refractivity contribution is -0.150. The Balaban J connectivity index is 2.10. The van der Waals surface area contributed by atoms with Gasteiger partial charge in [-0.15, -0.1) is 0 Å². The highest BCUT2D eigenvalue weighted by molar-refractivity contribution is 9.10. The van der Waals surface area contributed by atoms with Crippen LogP contribution in [0.4, 0.5) is 5.69 Å². The largest absolute Gasteiger partial charge is 0.493 e. The second kappa shape index (κ2) is 9.28. The Bertz CT molecular complexity index is 916. The van der Waals surface area contributed by atoms with Gasteiger partial charge in [0.2, 0.25) is 0 Å². The molecular weight excluding hydrogens is 442 g/mol. The van der Waals surface area contributed by atoms with Crippen LogP contribution in [-0.4, -0.2) is 38.8 Å². The van der Waals surface area contributed by atoms with Crippen molar-refractivity contribution in [3.8, 4) is 11.5 Å². The van der Waals surface area contributed by atoms with E-state index in [1.807, 2.05) is 24.3 Å². The van der Waals surface area contributed by atoms with Crippen LogP contribution in [0.25, 0.3) is 0 Å². The van der Waals surface area contributed by atoms with E-state index in [2.05, 4.69) is 21.2 Å². The Morgan fingerprint density at radius 1 is 1.17 bits per heavy atom. The first kappa shape index (κ1) is 21.1. The molecule has 0 fully saturated rings. The molecule has 0 saturated heterocycles. The average Bonchev–Trinajstić information content (AvgIpc) is 2.84. The zero-order valence-electron chi connectivity index (χ0n) is 16.4. The number of esters is 1. The molecule has 154 valence electrons. The second-order valence-corrected chi connectivity index (χ2v) is 7.23. The lowest BCUT2D eigenvalue weighted by Gasteiger charge is -2.24. The number of methoxy groups -OCH3 is 2. The van der Waals surface area contributed by atoms with Gasteiger partial charge in [-0.1, -0.05) is 28.1 Å². The molecule has 0 spiro atoms. The maximum Gasteiger partial charge on any atom is 0.308 e. The molecule has 2 atom stereocenters. The number of fused-ring (bicyclic) bond motifs is 1. The number of carbonyl (C=O) groups is 2. The van der Waals surface area contributed by atoms with Crippen molar-refractivity contribution < 1.29 is 28.5 Å². The quantitative estimate of drug-likeness (QED) is 0.655. The standard InChI is InChI=1S/C21H22BrNO6/c1-4-28-18(24)11-17-21(25)23-15-9-8-12(22)10-14(15)19(29-17)13-6-5-7-16(26-2)20(13)27-3/h5-10,17,19H,4,11H2,1-3H3,(H,23,25)/t17-,19-/m0/s1. The lowest BCUT2D eigenvalue weighted by atomic mass is 9.98. The van der Waals surface area contributed by atoms with E-state index in [0.717, 1.165) is 10.0 Å². The molecule has 1 aliphatic rings. The number of amides is 1. The number of carbonyl (C=O) groups excluding carboxylic acids is 2. The molecule has 0 aromatic heterocycles. The van der Waals surface area contributed by atoms with E-state index in [-0.39, 0.29) is 13.0 Å². The van der Waals surface area contributed by atoms with E-state index in [4.69, 9.17) is 18.9 Å². The molecule has 29 heavy (non-hydrogen) atoms. The van der Waals surface area contributed by atoms with Crippen molar-refractivity contribution >= 4 is 33.5 Å². The molecule has 1 heterocycles. The van der Waals surface area contributed by atoms with Crippen LogP contribution >= 0.6 is 15.9 Å². The summed E-state index contributed by atoms with van der Waals surface area (Å²) in [5, 5.41) is 2.85. The number of nitrogens with one attached hydrogen (secondary N) is 1. The number of hydrogen-bond donors (Lipinski definition) is 1. The fourth-order valence-electron chi connectivity index (χ4n) is 3.25. The fraction of sp³-hybridized carbons (Fsp3) is 0.333. The lowest BCUT2D eigenvalue weighted by Crippen LogP contribution is -2.32. The van der Waals surface area contributed by atoms with E-state index in [1.54, 1.807) is 33.3 Å². The summed E-state index contributed by atoms with van der Waals surface area (Å²) < 4.78 is 23.0. The summed E-state index contributed by atoms with van der Waals surface area (Å²) in [6.07, 6.45) is -1.90. The van der Waals surface area contributed by atoms with Crippen LogP contribution in [0, 0.1) is 0 Å². The summed E-state index contributed by atoms with van der Waals surface area (Å²) in [7, 11) is 3.09. The van der Waals surface area contributed by atoms with Gasteiger partial charge in [-0.3, -0.25) is 9.59 Å². The van der Waals surface area contributed by atoms with Gasteiger partial charge in [0.05, 0.1) is 27.2 Å². The van der Waals surface area contributed by atoms with Crippen molar-refractivity contribution in [3.05, 3.63) is 52.0 Å². The molecule has 8 heteroatoms. The van der Waals surface area contributed by atoms with E-state index >= 15 is 0 Å². The van der Waals surface area contributed by atoms with Gasteiger partial charge in [0.1, 0.15) is 12.2 Å². The van der Waals surface area contributed by atoms with Gasteiger partial charge in [-0.05, 0) is 31.2 Å². The molecule has 0 unspecified atom stereocenters. The summed E-state index contributed by atoms with van der Waals surface area (Å²) in [4.78, 5) is 24.8. The van der Waals surface area contributed by atoms with Crippen molar-refractivity contribution in [2.45, 2.75) is 25.6 Å². The van der Waals surface area contributed by atoms with Crippen molar-refractivity contribution in [2.24, 2.45) is 0 Å². The zero-order valence-corrected chi connectivity index (χ0v) is 17.9. The zero-order chi connectivity index (χ0) is 21.0. The first-order valence-electron chi connectivity index (χ1n) is 9.10. The van der Waals surface area contributed by atoms with Crippen molar-refractivity contribution in [3.63, 3.8) is 0 Å². The van der Waals surface area contributed by atoms with Crippen LogP contribution in [-0.2, 0) is 19.1 Å². The smallest absolute Gasteiger partial charge is 0.308 e. The SMILES string of the molecule is CCOC(=O)C[C@@H]1O[C@@H](c2cccc(OC)c2OC)c2cc(Br)ccc2NC1=O. The van der Waals surface area contributed by atoms with Crippen molar-refractivity contribution in [1.29, 1.82) is 0 Å². The predicted molar refractivity (Wildman–Crippen MR) is 110 cm³/mol. The van der Waals surface area contributed by atoms with Crippen LogP contribution in [0.5, 0.6) is 11.5 Å². The summed E-state index contributed by atoms with van der Waals surface area (Å²) >= 11 is 3.47. The van der Waals surface area contributed by atoms with Gasteiger partial charge in [0.25, 0.3) is 5.91 Å². The minimum atomic E-state index is -1.03. The molecule has 0 radical (unpaired) electrons. The van der Waals surface area contributed by atoms with Gasteiger partial charge in [-0.25, -0.2) is 0 Å². The van der Waals surface area contributed by atoms with Gasteiger partial charge in [-0.2, -0.15) is 0 Å². The second-order valence-electron chi connectivity index (χ2n) is 6.32. The number of para-hydroxylation sites is 1. The molecule has 2 aromatic rings. The fourth-order valence-corrected chi connectivity index (χ4v) is 3.63. The number of hydrogen-bond acceptors (Lipinski definition) is 6. The first-order chi connectivity index (χ1) is 14.0. The van der Waals surface area contributed by atoms with E-state index in [9.17, 15) is 9.59 Å². The number of anilines is 1. The number of benzene rings is 2. The molecule has 1 aliphatic heterocycles. The van der Waals surface area contributed by atoms with Crippen LogP contribution in [0.2, 0.25) is 0 Å². The van der Waals surface area contributed by atoms with Crippen molar-refractivity contribution in [2.75, 3.05) is 26.1 Å². The molecule has 0 saturated carbocycles. The monoisotopic (exact) mass is 463 g/mol. The molecule has 2 aromatic carbocycles. The highest BCUT2D eigenvalue weighted by Crippen LogP contribution is 2.43. The predicted octanol–water partition coefficient (Wildman–Crippen LogP) is 3.85. The van der Waals surface area contributed by atoms with Gasteiger partial charge in [0, 0.05) is 21.3 Å². The minimum Gasteiger partial charge on any atom is -0.493 e. The van der Waals surface area contributed by atoms with Crippen LogP contribution in [0.1, 0.15) is 30.6 Å². The third kappa shape index (κ3) is 4.54. The van der Waals surface area contributed by atoms with E-state index in [1.165, 1.54) is 0 Å². The molecule has 0 aliphatic carbocycles. The van der Waals surface area contributed by atoms with Crippen LogP contribution < -0.4 is 14.8 Å². The van der Waals surface area contributed by atoms with E-state index < -0.39 is 24.1 Å². The normalized spacial score (nSPS) is 18.3. The third-order valence-corrected chi connectivity index (χ3v) is 5.01. The number of halogens is 1. The highest BCUT2D eigenvalue weighted by atomic mass is 79.9. The molecule has 1 N–H and O–H groups in total. The molecule has 1 amide bonds. The number of ether oxygens (including phenoxy) is 4. The maximum absolute atomic E-state index is 12.7. The Hall–Kier alpha value is -2.58. The molecule has 3 rings (SSSR count).